The maximum absolute atomic E-state index is 12.2. The van der Waals surface area contributed by atoms with Crippen LogP contribution in [-0.4, -0.2) is 13.1 Å². The maximum atomic E-state index is 12.2. The maximum Gasteiger partial charge on any atom is 0.312 e. The Hall–Kier alpha value is -0.530. The van der Waals surface area contributed by atoms with E-state index in [9.17, 15) is 4.79 Å². The van der Waals surface area contributed by atoms with Gasteiger partial charge in [-0.1, -0.05) is 59.3 Å². The fourth-order valence-electron chi connectivity index (χ4n) is 3.49. The fraction of sp³-hybridized carbons (Fsp3) is 0.941. The van der Waals surface area contributed by atoms with E-state index >= 15 is 0 Å². The van der Waals surface area contributed by atoms with Crippen molar-refractivity contribution in [1.82, 2.24) is 0 Å². The number of hydrogen-bond acceptors (Lipinski definition) is 2. The highest BCUT2D eigenvalue weighted by atomic mass is 16.5. The molecular weight excluding hydrogens is 236 g/mol. The average Bonchev–Trinajstić information content (AvgIpc) is 3.22. The summed E-state index contributed by atoms with van der Waals surface area (Å²) in [6.45, 7) is 6.81. The molecule has 0 radical (unpaired) electrons. The van der Waals surface area contributed by atoms with Gasteiger partial charge in [-0.15, -0.1) is 0 Å². The molecule has 1 unspecified atom stereocenters. The van der Waals surface area contributed by atoms with E-state index < -0.39 is 0 Å². The smallest absolute Gasteiger partial charge is 0.312 e. The highest BCUT2D eigenvalue weighted by Crippen LogP contribution is 2.63. The van der Waals surface area contributed by atoms with E-state index in [0.717, 1.165) is 12.8 Å². The van der Waals surface area contributed by atoms with Gasteiger partial charge in [-0.2, -0.15) is 0 Å². The summed E-state index contributed by atoms with van der Waals surface area (Å²) in [4.78, 5) is 12.2. The van der Waals surface area contributed by atoms with Gasteiger partial charge in [0.05, 0.1) is 12.5 Å². The Balaban J connectivity index is 2.66. The zero-order valence-electron chi connectivity index (χ0n) is 13.4. The summed E-state index contributed by atoms with van der Waals surface area (Å²) < 4.78 is 5.09. The summed E-state index contributed by atoms with van der Waals surface area (Å²) in [6.07, 6.45) is 12.0. The van der Waals surface area contributed by atoms with Crippen molar-refractivity contribution in [2.75, 3.05) is 7.11 Å². The normalized spacial score (nSPS) is 19.8. The second-order valence-electron chi connectivity index (χ2n) is 6.55. The topological polar surface area (TPSA) is 26.3 Å². The lowest BCUT2D eigenvalue weighted by atomic mass is 9.67. The molecule has 0 aliphatic heterocycles. The first kappa shape index (κ1) is 16.5. The van der Waals surface area contributed by atoms with Gasteiger partial charge in [-0.25, -0.2) is 0 Å². The van der Waals surface area contributed by atoms with E-state index in [2.05, 4.69) is 20.8 Å². The molecule has 0 spiro atoms. The highest BCUT2D eigenvalue weighted by Gasteiger charge is 2.61. The van der Waals surface area contributed by atoms with Crippen LogP contribution in [0.2, 0.25) is 0 Å². The van der Waals surface area contributed by atoms with Gasteiger partial charge in [0.15, 0.2) is 0 Å². The molecular formula is C17H32O2. The van der Waals surface area contributed by atoms with Gasteiger partial charge >= 0.3 is 5.97 Å². The van der Waals surface area contributed by atoms with Gasteiger partial charge in [0.2, 0.25) is 0 Å². The van der Waals surface area contributed by atoms with Gasteiger partial charge in [0.25, 0.3) is 0 Å². The van der Waals surface area contributed by atoms with Crippen molar-refractivity contribution in [3.05, 3.63) is 0 Å². The summed E-state index contributed by atoms with van der Waals surface area (Å²) in [6, 6.07) is 0. The van der Waals surface area contributed by atoms with Crippen LogP contribution in [0.15, 0.2) is 0 Å². The lowest BCUT2D eigenvalue weighted by molar-refractivity contribution is -0.153. The zero-order valence-corrected chi connectivity index (χ0v) is 13.4. The Labute approximate surface area is 119 Å². The van der Waals surface area contributed by atoms with Crippen LogP contribution in [0.25, 0.3) is 0 Å². The molecule has 112 valence electrons. The first-order valence-electron chi connectivity index (χ1n) is 8.14. The SMILES string of the molecule is CCCCCCC(C)(CCCC)C1(C(=O)OC)CC1. The largest absolute Gasteiger partial charge is 0.469 e. The number of methoxy groups -OCH3 is 1. The summed E-state index contributed by atoms with van der Waals surface area (Å²) in [7, 11) is 1.54. The monoisotopic (exact) mass is 268 g/mol. The van der Waals surface area contributed by atoms with E-state index in [1.807, 2.05) is 0 Å². The number of esters is 1. The molecule has 0 bridgehead atoms. The van der Waals surface area contributed by atoms with Gasteiger partial charge in [-0.3, -0.25) is 4.79 Å². The first-order valence-corrected chi connectivity index (χ1v) is 8.14. The predicted molar refractivity (Wildman–Crippen MR) is 80.1 cm³/mol. The molecule has 1 rings (SSSR count). The van der Waals surface area contributed by atoms with E-state index in [0.29, 0.717) is 0 Å². The Kier molecular flexibility index (Phi) is 6.35. The minimum absolute atomic E-state index is 0.0431. The minimum Gasteiger partial charge on any atom is -0.469 e. The summed E-state index contributed by atoms with van der Waals surface area (Å²) in [5, 5.41) is 0. The zero-order chi connectivity index (χ0) is 14.4. The van der Waals surface area contributed by atoms with Crippen LogP contribution in [0.3, 0.4) is 0 Å². The summed E-state index contributed by atoms with van der Waals surface area (Å²) in [5.74, 6) is 0.0431. The van der Waals surface area contributed by atoms with Crippen LogP contribution in [0.4, 0.5) is 0 Å². The molecule has 0 amide bonds. The molecule has 2 heteroatoms. The number of unbranched alkanes of at least 4 members (excludes halogenated alkanes) is 4. The molecule has 1 aliphatic carbocycles. The third-order valence-corrected chi connectivity index (χ3v) is 5.15. The van der Waals surface area contributed by atoms with Crippen LogP contribution >= 0.6 is 0 Å². The van der Waals surface area contributed by atoms with Gasteiger partial charge in [0, 0.05) is 0 Å². The third kappa shape index (κ3) is 3.73. The molecule has 1 aliphatic rings. The van der Waals surface area contributed by atoms with E-state index in [4.69, 9.17) is 4.74 Å². The van der Waals surface area contributed by atoms with Crippen LogP contribution in [0, 0.1) is 10.8 Å². The van der Waals surface area contributed by atoms with Gasteiger partial charge in [0.1, 0.15) is 0 Å². The second kappa shape index (κ2) is 7.31. The number of carbonyl (C=O) groups is 1. The number of carbonyl (C=O) groups excluding carboxylic acids is 1. The van der Waals surface area contributed by atoms with E-state index in [-0.39, 0.29) is 16.8 Å². The van der Waals surface area contributed by atoms with E-state index in [1.165, 1.54) is 51.4 Å². The van der Waals surface area contributed by atoms with Gasteiger partial charge in [-0.05, 0) is 31.1 Å². The van der Waals surface area contributed by atoms with Crippen molar-refractivity contribution in [2.24, 2.45) is 10.8 Å². The molecule has 1 saturated carbocycles. The molecule has 19 heavy (non-hydrogen) atoms. The molecule has 1 atom stereocenters. The Bertz CT molecular complexity index is 281. The van der Waals surface area contributed by atoms with Crippen LogP contribution in [0.5, 0.6) is 0 Å². The second-order valence-corrected chi connectivity index (χ2v) is 6.55. The van der Waals surface area contributed by atoms with Crippen molar-refractivity contribution in [2.45, 2.75) is 85.0 Å². The summed E-state index contributed by atoms with van der Waals surface area (Å²) in [5.41, 5.74) is 0.00692. The average molecular weight is 268 g/mol. The molecule has 0 N–H and O–H groups in total. The molecule has 1 fully saturated rings. The molecule has 0 aromatic heterocycles. The van der Waals surface area contributed by atoms with Crippen LogP contribution < -0.4 is 0 Å². The first-order chi connectivity index (χ1) is 9.06. The van der Waals surface area contributed by atoms with E-state index in [1.54, 1.807) is 7.11 Å². The number of rotatable bonds is 10. The fourth-order valence-corrected chi connectivity index (χ4v) is 3.49. The van der Waals surface area contributed by atoms with Crippen molar-refractivity contribution in [1.29, 1.82) is 0 Å². The Morgan fingerprint density at radius 2 is 1.63 bits per heavy atom. The Morgan fingerprint density at radius 3 is 2.11 bits per heavy atom. The minimum atomic E-state index is -0.150. The third-order valence-electron chi connectivity index (χ3n) is 5.15. The molecule has 0 heterocycles. The molecule has 0 aromatic rings. The standard InChI is InChI=1S/C17H32O2/c1-5-7-9-10-12-16(3,11-8-6-2)17(13-14-17)15(18)19-4/h5-14H2,1-4H3. The molecule has 0 saturated heterocycles. The number of hydrogen-bond donors (Lipinski definition) is 0. The lowest BCUT2D eigenvalue weighted by Gasteiger charge is -2.37. The van der Waals surface area contributed by atoms with Gasteiger partial charge < -0.3 is 4.74 Å². The lowest BCUT2D eigenvalue weighted by Crippen LogP contribution is -2.36. The quantitative estimate of drug-likeness (QED) is 0.406. The van der Waals surface area contributed by atoms with Crippen molar-refractivity contribution in [3.8, 4) is 0 Å². The van der Waals surface area contributed by atoms with Crippen molar-refractivity contribution in [3.63, 3.8) is 0 Å². The predicted octanol–water partition coefficient (Wildman–Crippen LogP) is 5.11. The molecule has 2 nitrogen and oxygen atoms in total. The van der Waals surface area contributed by atoms with Crippen LogP contribution in [-0.2, 0) is 9.53 Å². The van der Waals surface area contributed by atoms with Crippen LogP contribution in [0.1, 0.15) is 85.0 Å². The Morgan fingerprint density at radius 1 is 1.05 bits per heavy atom. The number of ether oxygens (including phenoxy) is 1. The van der Waals surface area contributed by atoms with Crippen molar-refractivity contribution >= 4 is 5.97 Å². The molecule has 0 aromatic carbocycles. The summed E-state index contributed by atoms with van der Waals surface area (Å²) >= 11 is 0. The van der Waals surface area contributed by atoms with Crippen molar-refractivity contribution < 1.29 is 9.53 Å². The highest BCUT2D eigenvalue weighted by molar-refractivity contribution is 5.80.